The second kappa shape index (κ2) is 10.7. The first-order chi connectivity index (χ1) is 15.5. The fraction of sp³-hybridized carbons (Fsp3) is 0.333. The zero-order valence-corrected chi connectivity index (χ0v) is 20.4. The lowest BCUT2D eigenvalue weighted by Crippen LogP contribution is -2.50. The first-order valence-corrected chi connectivity index (χ1v) is 12.3. The molecule has 0 saturated carbocycles. The molecule has 2 aromatic rings. The molecule has 2 aliphatic rings. The summed E-state index contributed by atoms with van der Waals surface area (Å²) in [6, 6.07) is 15.7. The van der Waals surface area contributed by atoms with Crippen LogP contribution in [0, 0.1) is 0 Å². The second-order valence-electron chi connectivity index (χ2n) is 7.75. The molecule has 2 aromatic carbocycles. The van der Waals surface area contributed by atoms with Gasteiger partial charge in [-0.3, -0.25) is 14.6 Å². The molecule has 2 aliphatic heterocycles. The molecule has 0 bridgehead atoms. The van der Waals surface area contributed by atoms with Crippen molar-refractivity contribution in [2.45, 2.75) is 13.3 Å². The van der Waals surface area contributed by atoms with Gasteiger partial charge in [-0.25, -0.2) is 0 Å². The van der Waals surface area contributed by atoms with E-state index >= 15 is 0 Å². The molecular weight excluding hydrogens is 462 g/mol. The minimum atomic E-state index is -0.0245. The smallest absolute Gasteiger partial charge is 0.267 e. The van der Waals surface area contributed by atoms with E-state index in [0.29, 0.717) is 22.5 Å². The number of rotatable bonds is 7. The largest absolute Gasteiger partial charge is 0.494 e. The van der Waals surface area contributed by atoms with Crippen LogP contribution in [0.3, 0.4) is 0 Å². The summed E-state index contributed by atoms with van der Waals surface area (Å²) in [5.41, 5.74) is 2.10. The first-order valence-electron chi connectivity index (χ1n) is 10.7. The topological polar surface area (TPSA) is 36.0 Å². The SMILES string of the molecule is CCCOc1ccc(/C=C2/SC(=S)N(CN3CCN(c4cccc(Cl)c4)CC3)C2=O)cc1. The van der Waals surface area contributed by atoms with Gasteiger partial charge in [0.1, 0.15) is 10.1 Å². The van der Waals surface area contributed by atoms with Gasteiger partial charge in [-0.05, 0) is 48.4 Å². The van der Waals surface area contributed by atoms with Crippen molar-refractivity contribution in [1.29, 1.82) is 0 Å². The normalized spacial score (nSPS) is 18.6. The van der Waals surface area contributed by atoms with Gasteiger partial charge < -0.3 is 9.64 Å². The number of amides is 1. The summed E-state index contributed by atoms with van der Waals surface area (Å²) in [6.07, 6.45) is 2.87. The zero-order valence-electron chi connectivity index (χ0n) is 18.0. The van der Waals surface area contributed by atoms with Crippen LogP contribution < -0.4 is 9.64 Å². The van der Waals surface area contributed by atoms with Crippen LogP contribution in [0.5, 0.6) is 5.75 Å². The van der Waals surface area contributed by atoms with E-state index in [2.05, 4.69) is 22.8 Å². The molecule has 0 spiro atoms. The Balaban J connectivity index is 1.34. The quantitative estimate of drug-likeness (QED) is 0.399. The van der Waals surface area contributed by atoms with Gasteiger partial charge in [-0.2, -0.15) is 0 Å². The van der Waals surface area contributed by atoms with Gasteiger partial charge >= 0.3 is 0 Å². The fourth-order valence-corrected chi connectivity index (χ4v) is 5.10. The number of ether oxygens (including phenoxy) is 1. The van der Waals surface area contributed by atoms with Gasteiger partial charge in [0.25, 0.3) is 5.91 Å². The average Bonchev–Trinajstić information content (AvgIpc) is 3.06. The Morgan fingerprint density at radius 2 is 1.88 bits per heavy atom. The van der Waals surface area contributed by atoms with Crippen molar-refractivity contribution in [3.63, 3.8) is 0 Å². The Morgan fingerprint density at radius 1 is 1.12 bits per heavy atom. The lowest BCUT2D eigenvalue weighted by molar-refractivity contribution is -0.123. The molecule has 2 saturated heterocycles. The van der Waals surface area contributed by atoms with Crippen LogP contribution >= 0.6 is 35.6 Å². The van der Waals surface area contributed by atoms with Crippen molar-refractivity contribution in [2.24, 2.45) is 0 Å². The molecule has 2 heterocycles. The summed E-state index contributed by atoms with van der Waals surface area (Å²) in [5.74, 6) is 0.817. The third kappa shape index (κ3) is 5.64. The van der Waals surface area contributed by atoms with Crippen LogP contribution in [0.1, 0.15) is 18.9 Å². The summed E-state index contributed by atoms with van der Waals surface area (Å²) in [5, 5.41) is 0.748. The van der Waals surface area contributed by atoms with Crippen LogP contribution in [-0.4, -0.2) is 59.5 Å². The minimum Gasteiger partial charge on any atom is -0.494 e. The van der Waals surface area contributed by atoms with Crippen molar-refractivity contribution in [1.82, 2.24) is 9.80 Å². The minimum absolute atomic E-state index is 0.0245. The molecule has 0 radical (unpaired) electrons. The van der Waals surface area contributed by atoms with Crippen LogP contribution in [0.2, 0.25) is 5.02 Å². The van der Waals surface area contributed by atoms with Gasteiger partial charge in [0.15, 0.2) is 0 Å². The molecule has 32 heavy (non-hydrogen) atoms. The monoisotopic (exact) mass is 487 g/mol. The van der Waals surface area contributed by atoms with Crippen LogP contribution in [0.15, 0.2) is 53.4 Å². The molecule has 0 aromatic heterocycles. The number of carbonyl (C=O) groups is 1. The Morgan fingerprint density at radius 3 is 2.56 bits per heavy atom. The summed E-state index contributed by atoms with van der Waals surface area (Å²) in [6.45, 7) is 6.80. The summed E-state index contributed by atoms with van der Waals surface area (Å²) >= 11 is 13.0. The molecule has 2 fully saturated rings. The molecule has 0 unspecified atom stereocenters. The second-order valence-corrected chi connectivity index (χ2v) is 9.87. The highest BCUT2D eigenvalue weighted by Gasteiger charge is 2.33. The Kier molecular flexibility index (Phi) is 7.73. The lowest BCUT2D eigenvalue weighted by atomic mass is 10.2. The van der Waals surface area contributed by atoms with E-state index in [4.69, 9.17) is 28.6 Å². The maximum Gasteiger partial charge on any atom is 0.267 e. The van der Waals surface area contributed by atoms with Gasteiger partial charge in [0.05, 0.1) is 18.2 Å². The maximum absolute atomic E-state index is 13.0. The highest BCUT2D eigenvalue weighted by molar-refractivity contribution is 8.26. The zero-order chi connectivity index (χ0) is 22.5. The number of piperazine rings is 1. The Bertz CT molecular complexity index is 1000. The van der Waals surface area contributed by atoms with Crippen LogP contribution in [0.4, 0.5) is 5.69 Å². The summed E-state index contributed by atoms with van der Waals surface area (Å²) in [7, 11) is 0. The van der Waals surface area contributed by atoms with Gasteiger partial charge in [0, 0.05) is 36.9 Å². The highest BCUT2D eigenvalue weighted by atomic mass is 35.5. The van der Waals surface area contributed by atoms with E-state index in [9.17, 15) is 4.79 Å². The number of hydrogen-bond acceptors (Lipinski definition) is 6. The van der Waals surface area contributed by atoms with Crippen molar-refractivity contribution in [3.05, 3.63) is 64.0 Å². The molecule has 4 rings (SSSR count). The molecule has 5 nitrogen and oxygen atoms in total. The maximum atomic E-state index is 13.0. The molecule has 168 valence electrons. The van der Waals surface area contributed by atoms with E-state index in [1.807, 2.05) is 48.5 Å². The van der Waals surface area contributed by atoms with E-state index in [0.717, 1.165) is 54.6 Å². The van der Waals surface area contributed by atoms with Crippen LogP contribution in [0.25, 0.3) is 6.08 Å². The summed E-state index contributed by atoms with van der Waals surface area (Å²) < 4.78 is 6.24. The number of nitrogens with zero attached hydrogens (tertiary/aromatic N) is 3. The standard InChI is InChI=1S/C24H26ClN3O2S2/c1-2-14-30-21-8-6-18(7-9-21)15-22-23(29)28(24(31)32-22)17-26-10-12-27(13-11-26)20-5-3-4-19(25)16-20/h3-9,15-16H,2,10-14,17H2,1H3/b22-15+. The molecule has 0 atom stereocenters. The first kappa shape index (κ1) is 23.1. The predicted molar refractivity (Wildman–Crippen MR) is 137 cm³/mol. The third-order valence-electron chi connectivity index (χ3n) is 5.41. The highest BCUT2D eigenvalue weighted by Crippen LogP contribution is 2.33. The Labute approximate surface area is 204 Å². The number of hydrogen-bond donors (Lipinski definition) is 0. The van der Waals surface area contributed by atoms with Crippen molar-refractivity contribution < 1.29 is 9.53 Å². The van der Waals surface area contributed by atoms with Gasteiger partial charge in [-0.1, -0.05) is 60.7 Å². The van der Waals surface area contributed by atoms with E-state index < -0.39 is 0 Å². The third-order valence-corrected chi connectivity index (χ3v) is 7.02. The number of thioether (sulfide) groups is 1. The van der Waals surface area contributed by atoms with Crippen LogP contribution in [-0.2, 0) is 4.79 Å². The van der Waals surface area contributed by atoms with E-state index in [1.54, 1.807) is 4.90 Å². The van der Waals surface area contributed by atoms with E-state index in [-0.39, 0.29) is 5.91 Å². The van der Waals surface area contributed by atoms with Gasteiger partial charge in [0.2, 0.25) is 0 Å². The van der Waals surface area contributed by atoms with Crippen molar-refractivity contribution in [2.75, 3.05) is 44.4 Å². The van der Waals surface area contributed by atoms with Gasteiger partial charge in [-0.15, -0.1) is 0 Å². The predicted octanol–water partition coefficient (Wildman–Crippen LogP) is 5.11. The lowest BCUT2D eigenvalue weighted by Gasteiger charge is -2.37. The molecule has 0 N–H and O–H groups in total. The fourth-order valence-electron chi connectivity index (χ4n) is 3.67. The summed E-state index contributed by atoms with van der Waals surface area (Å²) in [4.78, 5) is 20.0. The average molecular weight is 488 g/mol. The number of thiocarbonyl (C=S) groups is 1. The number of anilines is 1. The number of benzene rings is 2. The van der Waals surface area contributed by atoms with Crippen molar-refractivity contribution in [3.8, 4) is 5.75 Å². The molecule has 8 heteroatoms. The number of carbonyl (C=O) groups excluding carboxylic acids is 1. The van der Waals surface area contributed by atoms with E-state index in [1.165, 1.54) is 11.8 Å². The molecular formula is C24H26ClN3O2S2. The number of halogens is 1. The molecule has 1 amide bonds. The molecule has 0 aliphatic carbocycles. The Hall–Kier alpha value is -2.06. The van der Waals surface area contributed by atoms with Crippen molar-refractivity contribution >= 4 is 57.6 Å².